The van der Waals surface area contributed by atoms with Crippen molar-refractivity contribution in [3.05, 3.63) is 24.3 Å². The van der Waals surface area contributed by atoms with Crippen molar-refractivity contribution in [1.82, 2.24) is 9.62 Å². The largest absolute Gasteiger partial charge is 0.334 e. The van der Waals surface area contributed by atoms with Crippen LogP contribution >= 0.6 is 11.8 Å². The molecule has 3 N–H and O–H groups in total. The lowest BCUT2D eigenvalue weighted by atomic mass is 10.2. The van der Waals surface area contributed by atoms with Gasteiger partial charge < -0.3 is 10.6 Å². The minimum absolute atomic E-state index is 0.195. The van der Waals surface area contributed by atoms with Crippen LogP contribution in [0.4, 0.5) is 16.2 Å². The fourth-order valence-corrected chi connectivity index (χ4v) is 3.66. The Labute approximate surface area is 135 Å². The van der Waals surface area contributed by atoms with E-state index in [1.807, 2.05) is 11.8 Å². The van der Waals surface area contributed by atoms with Crippen LogP contribution in [0.15, 0.2) is 24.3 Å². The Balaban J connectivity index is 1.97. The molecule has 1 aromatic rings. The third-order valence-electron chi connectivity index (χ3n) is 3.11. The van der Waals surface area contributed by atoms with Crippen molar-refractivity contribution in [2.75, 3.05) is 35.6 Å². The van der Waals surface area contributed by atoms with Crippen LogP contribution in [0.2, 0.25) is 0 Å². The number of benzene rings is 1. The first-order valence-corrected chi connectivity index (χ1v) is 9.42. The molecule has 1 aliphatic rings. The Morgan fingerprint density at radius 2 is 2.05 bits per heavy atom. The smallest absolute Gasteiger partial charge is 0.319 e. The van der Waals surface area contributed by atoms with Gasteiger partial charge in [0.2, 0.25) is 0 Å². The molecule has 0 radical (unpaired) electrons. The molecule has 1 saturated heterocycles. The molecule has 1 aromatic carbocycles. The van der Waals surface area contributed by atoms with Gasteiger partial charge in [-0.05, 0) is 30.4 Å². The van der Waals surface area contributed by atoms with Gasteiger partial charge in [-0.3, -0.25) is 4.72 Å². The number of anilines is 2. The summed E-state index contributed by atoms with van der Waals surface area (Å²) in [6.07, 6.45) is 0.973. The Morgan fingerprint density at radius 1 is 1.32 bits per heavy atom. The van der Waals surface area contributed by atoms with Crippen molar-refractivity contribution in [1.29, 1.82) is 0 Å². The number of carbonyl (C=O) groups is 1. The molecule has 2 amide bonds. The molecule has 0 spiro atoms. The summed E-state index contributed by atoms with van der Waals surface area (Å²) in [6.45, 7) is 0. The summed E-state index contributed by atoms with van der Waals surface area (Å²) in [7, 11) is -0.679. The van der Waals surface area contributed by atoms with Gasteiger partial charge in [0.15, 0.2) is 0 Å². The van der Waals surface area contributed by atoms with E-state index in [-0.39, 0.29) is 12.1 Å². The maximum Gasteiger partial charge on any atom is 0.319 e. The molecule has 0 aliphatic carbocycles. The van der Waals surface area contributed by atoms with Crippen LogP contribution in [0.25, 0.3) is 0 Å². The molecule has 1 aliphatic heterocycles. The Morgan fingerprint density at radius 3 is 2.68 bits per heavy atom. The van der Waals surface area contributed by atoms with E-state index in [9.17, 15) is 13.2 Å². The summed E-state index contributed by atoms with van der Waals surface area (Å²) >= 11 is 1.82. The van der Waals surface area contributed by atoms with Crippen LogP contribution in [0, 0.1) is 0 Å². The van der Waals surface area contributed by atoms with E-state index in [1.165, 1.54) is 14.1 Å². The minimum atomic E-state index is -3.56. The monoisotopic (exact) mass is 344 g/mol. The topological polar surface area (TPSA) is 90.5 Å². The zero-order chi connectivity index (χ0) is 16.2. The van der Waals surface area contributed by atoms with Crippen molar-refractivity contribution in [2.24, 2.45) is 0 Å². The quantitative estimate of drug-likeness (QED) is 0.755. The van der Waals surface area contributed by atoms with Crippen LogP contribution < -0.4 is 15.4 Å². The van der Waals surface area contributed by atoms with Crippen LogP contribution in [0.1, 0.15) is 6.42 Å². The van der Waals surface area contributed by atoms with Crippen molar-refractivity contribution in [3.8, 4) is 0 Å². The highest BCUT2D eigenvalue weighted by atomic mass is 32.2. The van der Waals surface area contributed by atoms with Gasteiger partial charge in [-0.25, -0.2) is 4.79 Å². The van der Waals surface area contributed by atoms with Gasteiger partial charge in [-0.2, -0.15) is 24.5 Å². The van der Waals surface area contributed by atoms with Gasteiger partial charge in [0, 0.05) is 31.6 Å². The van der Waals surface area contributed by atoms with Gasteiger partial charge in [0.1, 0.15) is 0 Å². The standard InChI is InChI=1S/C13H20N4O3S2/c1-17(2)22(19,20)16-11-5-3-4-10(8-11)14-13(18)15-12-6-7-21-9-12/h3-5,8,12,16H,6-7,9H2,1-2H3,(H2,14,15,18). The first-order valence-electron chi connectivity index (χ1n) is 6.82. The summed E-state index contributed by atoms with van der Waals surface area (Å²) in [6, 6.07) is 6.49. The molecule has 1 fully saturated rings. The number of carbonyl (C=O) groups excluding carboxylic acids is 1. The van der Waals surface area contributed by atoms with Gasteiger partial charge in [-0.15, -0.1) is 0 Å². The lowest BCUT2D eigenvalue weighted by Crippen LogP contribution is -2.37. The molecular weight excluding hydrogens is 324 g/mol. The molecule has 9 heteroatoms. The maximum absolute atomic E-state index is 11.9. The Hall–Kier alpha value is -1.45. The first kappa shape index (κ1) is 16.9. The molecule has 1 atom stereocenters. The van der Waals surface area contributed by atoms with Gasteiger partial charge in [-0.1, -0.05) is 6.07 Å². The van der Waals surface area contributed by atoms with Crippen LogP contribution in [-0.2, 0) is 10.2 Å². The van der Waals surface area contributed by atoms with E-state index in [4.69, 9.17) is 0 Å². The first-order chi connectivity index (χ1) is 10.4. The van der Waals surface area contributed by atoms with Crippen molar-refractivity contribution in [3.63, 3.8) is 0 Å². The van der Waals surface area contributed by atoms with E-state index < -0.39 is 10.2 Å². The minimum Gasteiger partial charge on any atom is -0.334 e. The fraction of sp³-hybridized carbons (Fsp3) is 0.462. The second-order valence-corrected chi connectivity index (χ2v) is 8.16. The number of thioether (sulfide) groups is 1. The number of nitrogens with zero attached hydrogens (tertiary/aromatic N) is 1. The highest BCUT2D eigenvalue weighted by molar-refractivity contribution is 7.99. The fourth-order valence-electron chi connectivity index (χ4n) is 1.90. The zero-order valence-electron chi connectivity index (χ0n) is 12.5. The number of hydrogen-bond donors (Lipinski definition) is 3. The molecule has 7 nitrogen and oxygen atoms in total. The normalized spacial score (nSPS) is 18.2. The molecular formula is C13H20N4O3S2. The van der Waals surface area contributed by atoms with E-state index >= 15 is 0 Å². The maximum atomic E-state index is 11.9. The third-order valence-corrected chi connectivity index (χ3v) is 5.73. The van der Waals surface area contributed by atoms with Crippen molar-refractivity contribution < 1.29 is 13.2 Å². The molecule has 122 valence electrons. The average Bonchev–Trinajstić information content (AvgIpc) is 2.91. The van der Waals surface area contributed by atoms with Crippen molar-refractivity contribution >= 4 is 39.4 Å². The van der Waals surface area contributed by atoms with Crippen LogP contribution in [0.3, 0.4) is 0 Å². The summed E-state index contributed by atoms with van der Waals surface area (Å²) in [4.78, 5) is 11.9. The molecule has 2 rings (SSSR count). The van der Waals surface area contributed by atoms with Gasteiger partial charge in [0.25, 0.3) is 0 Å². The van der Waals surface area contributed by atoms with Crippen LogP contribution in [-0.4, -0.2) is 50.4 Å². The summed E-state index contributed by atoms with van der Waals surface area (Å²) in [5.74, 6) is 1.99. The summed E-state index contributed by atoms with van der Waals surface area (Å²) in [5.41, 5.74) is 0.921. The predicted octanol–water partition coefficient (Wildman–Crippen LogP) is 1.53. The number of rotatable bonds is 5. The Bertz CT molecular complexity index is 628. The zero-order valence-corrected chi connectivity index (χ0v) is 14.1. The van der Waals surface area contributed by atoms with Crippen LogP contribution in [0.5, 0.6) is 0 Å². The summed E-state index contributed by atoms with van der Waals surface area (Å²) in [5, 5.41) is 5.61. The van der Waals surface area contributed by atoms with E-state index in [0.29, 0.717) is 11.4 Å². The molecule has 0 saturated carbocycles. The molecule has 0 bridgehead atoms. The lowest BCUT2D eigenvalue weighted by Gasteiger charge is -2.15. The van der Waals surface area contributed by atoms with E-state index in [0.717, 1.165) is 22.2 Å². The van der Waals surface area contributed by atoms with E-state index in [2.05, 4.69) is 15.4 Å². The average molecular weight is 344 g/mol. The van der Waals surface area contributed by atoms with E-state index in [1.54, 1.807) is 24.3 Å². The highest BCUT2D eigenvalue weighted by Gasteiger charge is 2.18. The number of urea groups is 1. The van der Waals surface area contributed by atoms with Crippen molar-refractivity contribution in [2.45, 2.75) is 12.5 Å². The number of hydrogen-bond acceptors (Lipinski definition) is 4. The Kier molecular flexibility index (Phi) is 5.54. The number of amides is 2. The second-order valence-electron chi connectivity index (χ2n) is 5.13. The van der Waals surface area contributed by atoms with Gasteiger partial charge in [0.05, 0.1) is 5.69 Å². The molecule has 22 heavy (non-hydrogen) atoms. The summed E-state index contributed by atoms with van der Waals surface area (Å²) < 4.78 is 27.1. The number of nitrogens with one attached hydrogen (secondary N) is 3. The highest BCUT2D eigenvalue weighted by Crippen LogP contribution is 2.19. The second kappa shape index (κ2) is 7.21. The van der Waals surface area contributed by atoms with Gasteiger partial charge >= 0.3 is 16.2 Å². The predicted molar refractivity (Wildman–Crippen MR) is 90.6 cm³/mol. The molecule has 1 unspecified atom stereocenters. The molecule has 1 heterocycles. The molecule has 0 aromatic heterocycles. The third kappa shape index (κ3) is 4.79. The SMILES string of the molecule is CN(C)S(=O)(=O)Nc1cccc(NC(=O)NC2CCSC2)c1. The lowest BCUT2D eigenvalue weighted by molar-refractivity contribution is 0.249.